The summed E-state index contributed by atoms with van der Waals surface area (Å²) in [5.41, 5.74) is 0. The molecule has 0 aromatic heterocycles. The van der Waals surface area contributed by atoms with Gasteiger partial charge in [-0.15, -0.1) is 0 Å². The summed E-state index contributed by atoms with van der Waals surface area (Å²) >= 11 is 0. The van der Waals surface area contributed by atoms with E-state index in [1.807, 2.05) is 0 Å². The molecular weight excluding hydrogens is 266 g/mol. The van der Waals surface area contributed by atoms with Crippen molar-refractivity contribution in [1.29, 1.82) is 0 Å². The molecular formula is C16H23NSSi. The first kappa shape index (κ1) is 14.4. The third kappa shape index (κ3) is 3.50. The first-order valence-corrected chi connectivity index (χ1v) is 12.0. The van der Waals surface area contributed by atoms with Gasteiger partial charge in [0.15, 0.2) is 8.24 Å². The van der Waals surface area contributed by atoms with Crippen LogP contribution in [0.15, 0.2) is 65.6 Å². The summed E-state index contributed by atoms with van der Waals surface area (Å²) in [6.07, 6.45) is 4.69. The second-order valence-electron chi connectivity index (χ2n) is 5.73. The Labute approximate surface area is 119 Å². The molecule has 1 N–H and O–H groups in total. The average Bonchev–Trinajstić information content (AvgIpc) is 2.40. The Balaban J connectivity index is 2.25. The first-order chi connectivity index (χ1) is 8.92. The zero-order valence-corrected chi connectivity index (χ0v) is 14.0. The molecule has 0 aliphatic carbocycles. The van der Waals surface area contributed by atoms with Crippen molar-refractivity contribution >= 4 is 23.6 Å². The summed E-state index contributed by atoms with van der Waals surface area (Å²) in [5.74, 6) is 0. The molecule has 0 radical (unpaired) electrons. The molecule has 3 heteroatoms. The fraction of sp³-hybridized carbons (Fsp3) is 0.250. The standard InChI is InChI=1S/C16H23NSSi/c1-18(2,15-11-7-5-8-12-15)17-19(3,4)16-13-9-6-10-14-16/h5-14,17H,1-4H3. The maximum atomic E-state index is 3.99. The van der Waals surface area contributed by atoms with Crippen LogP contribution in [0, 0.1) is 0 Å². The number of nitrogens with one attached hydrogen (secondary N) is 1. The predicted octanol–water partition coefficient (Wildman–Crippen LogP) is 3.73. The second kappa shape index (κ2) is 5.53. The third-order valence-corrected chi connectivity index (χ3v) is 10.6. The lowest BCUT2D eigenvalue weighted by molar-refractivity contribution is 1.35. The van der Waals surface area contributed by atoms with Crippen LogP contribution in [0.1, 0.15) is 0 Å². The van der Waals surface area contributed by atoms with E-state index < -0.39 is 18.4 Å². The summed E-state index contributed by atoms with van der Waals surface area (Å²) in [6, 6.07) is 21.7. The molecule has 0 fully saturated rings. The Morgan fingerprint density at radius 2 is 1.26 bits per heavy atom. The normalized spacial score (nSPS) is 13.3. The van der Waals surface area contributed by atoms with Crippen molar-refractivity contribution in [2.24, 2.45) is 0 Å². The fourth-order valence-corrected chi connectivity index (χ4v) is 10.3. The van der Waals surface area contributed by atoms with Gasteiger partial charge in [-0.3, -0.25) is 4.39 Å². The molecule has 0 aliphatic rings. The third-order valence-electron chi connectivity index (χ3n) is 3.34. The zero-order valence-electron chi connectivity index (χ0n) is 12.2. The van der Waals surface area contributed by atoms with Crippen molar-refractivity contribution in [2.45, 2.75) is 18.0 Å². The van der Waals surface area contributed by atoms with E-state index in [2.05, 4.69) is 90.7 Å². The van der Waals surface area contributed by atoms with Crippen LogP contribution in [-0.4, -0.2) is 20.7 Å². The highest BCUT2D eigenvalue weighted by Gasteiger charge is 2.29. The summed E-state index contributed by atoms with van der Waals surface area (Å²) in [7, 11) is -2.56. The summed E-state index contributed by atoms with van der Waals surface area (Å²) in [5, 5.41) is 1.46. The van der Waals surface area contributed by atoms with Crippen LogP contribution in [0.5, 0.6) is 0 Å². The van der Waals surface area contributed by atoms with Crippen LogP contribution in [0.3, 0.4) is 0 Å². The Bertz CT molecular complexity index is 473. The number of benzene rings is 2. The van der Waals surface area contributed by atoms with Crippen LogP contribution in [-0.2, 0) is 0 Å². The average molecular weight is 290 g/mol. The highest BCUT2D eigenvalue weighted by atomic mass is 32.3. The van der Waals surface area contributed by atoms with E-state index in [1.54, 1.807) is 0 Å². The molecule has 2 rings (SSSR count). The lowest BCUT2D eigenvalue weighted by Gasteiger charge is -2.40. The van der Waals surface area contributed by atoms with E-state index in [-0.39, 0.29) is 0 Å². The topological polar surface area (TPSA) is 12.0 Å². The molecule has 0 bridgehead atoms. The van der Waals surface area contributed by atoms with Gasteiger partial charge < -0.3 is 0 Å². The van der Waals surface area contributed by atoms with Gasteiger partial charge in [-0.05, 0) is 29.8 Å². The van der Waals surface area contributed by atoms with Crippen molar-refractivity contribution in [3.8, 4) is 0 Å². The maximum Gasteiger partial charge on any atom is 0.160 e. The fourth-order valence-electron chi connectivity index (χ4n) is 2.37. The van der Waals surface area contributed by atoms with E-state index in [9.17, 15) is 0 Å². The summed E-state index contributed by atoms with van der Waals surface area (Å²) in [4.78, 5) is 1.42. The SMILES string of the molecule is C[Si](C)(NS(C)(C)c1ccccc1)c1ccccc1. The number of hydrogen-bond acceptors (Lipinski definition) is 1. The number of rotatable bonds is 4. The molecule has 1 nitrogen and oxygen atoms in total. The van der Waals surface area contributed by atoms with E-state index in [0.29, 0.717) is 0 Å². The van der Waals surface area contributed by atoms with E-state index in [0.717, 1.165) is 0 Å². The van der Waals surface area contributed by atoms with Crippen LogP contribution in [0.25, 0.3) is 0 Å². The quantitative estimate of drug-likeness (QED) is 0.846. The summed E-state index contributed by atoms with van der Waals surface area (Å²) < 4.78 is 3.99. The lowest BCUT2D eigenvalue weighted by Crippen LogP contribution is -2.55. The van der Waals surface area contributed by atoms with Gasteiger partial charge in [0.05, 0.1) is 0 Å². The molecule has 0 amide bonds. The van der Waals surface area contributed by atoms with Crippen LogP contribution >= 0.6 is 10.2 Å². The van der Waals surface area contributed by atoms with Crippen molar-refractivity contribution in [2.75, 3.05) is 12.5 Å². The smallest absolute Gasteiger partial charge is 0.160 e. The minimum Gasteiger partial charge on any atom is -0.293 e. The van der Waals surface area contributed by atoms with Gasteiger partial charge in [-0.1, -0.05) is 61.6 Å². The largest absolute Gasteiger partial charge is 0.293 e. The van der Waals surface area contributed by atoms with Crippen molar-refractivity contribution in [3.63, 3.8) is 0 Å². The van der Waals surface area contributed by atoms with E-state index >= 15 is 0 Å². The maximum absolute atomic E-state index is 3.99. The molecule has 0 spiro atoms. The minimum absolute atomic E-state index is 0.954. The molecule has 0 aliphatic heterocycles. The van der Waals surface area contributed by atoms with Gasteiger partial charge in [-0.2, -0.15) is 10.2 Å². The van der Waals surface area contributed by atoms with Crippen LogP contribution in [0.2, 0.25) is 13.1 Å². The van der Waals surface area contributed by atoms with E-state index in [4.69, 9.17) is 0 Å². The van der Waals surface area contributed by atoms with Gasteiger partial charge >= 0.3 is 0 Å². The molecule has 0 saturated carbocycles. The van der Waals surface area contributed by atoms with Crippen molar-refractivity contribution < 1.29 is 0 Å². The minimum atomic E-state index is -1.61. The van der Waals surface area contributed by atoms with Gasteiger partial charge in [0, 0.05) is 4.90 Å². The molecule has 102 valence electrons. The van der Waals surface area contributed by atoms with Crippen molar-refractivity contribution in [3.05, 3.63) is 60.7 Å². The van der Waals surface area contributed by atoms with Gasteiger partial charge in [0.1, 0.15) is 0 Å². The molecule has 2 aromatic carbocycles. The molecule has 2 aromatic rings. The van der Waals surface area contributed by atoms with Crippen LogP contribution < -0.4 is 9.57 Å². The highest BCUT2D eigenvalue weighted by Crippen LogP contribution is 2.45. The Morgan fingerprint density at radius 1 is 0.789 bits per heavy atom. The Hall–Kier alpha value is -1.03. The predicted molar refractivity (Wildman–Crippen MR) is 90.8 cm³/mol. The zero-order chi connectivity index (χ0) is 13.9. The molecule has 0 unspecified atom stereocenters. The number of hydrogen-bond donors (Lipinski definition) is 1. The monoisotopic (exact) mass is 289 g/mol. The van der Waals surface area contributed by atoms with E-state index in [1.165, 1.54) is 10.1 Å². The first-order valence-electron chi connectivity index (χ1n) is 6.55. The second-order valence-corrected chi connectivity index (χ2v) is 13.5. The summed E-state index contributed by atoms with van der Waals surface area (Å²) in [6.45, 7) is 4.78. The molecule has 0 heterocycles. The van der Waals surface area contributed by atoms with Gasteiger partial charge in [0.25, 0.3) is 0 Å². The van der Waals surface area contributed by atoms with Gasteiger partial charge in [-0.25, -0.2) is 0 Å². The van der Waals surface area contributed by atoms with Crippen LogP contribution in [0.4, 0.5) is 0 Å². The Kier molecular flexibility index (Phi) is 4.18. The lowest BCUT2D eigenvalue weighted by atomic mass is 10.4. The van der Waals surface area contributed by atoms with Gasteiger partial charge in [0.2, 0.25) is 0 Å². The molecule has 0 atom stereocenters. The molecule has 19 heavy (non-hydrogen) atoms. The highest BCUT2D eigenvalue weighted by molar-refractivity contribution is 8.32. The van der Waals surface area contributed by atoms with Crippen molar-refractivity contribution in [1.82, 2.24) is 4.39 Å². The molecule has 0 saturated heterocycles. The Morgan fingerprint density at radius 3 is 1.79 bits per heavy atom.